The molecule has 0 radical (unpaired) electrons. The molecule has 1 amide bonds. The molecule has 2 N–H and O–H groups in total. The SMILES string of the molecule is O=C(Nc1nc(-c2cccc(F)c2)cs1)C1CC12CCNCC2. The third kappa shape index (κ3) is 2.88. The first kappa shape index (κ1) is 14.8. The summed E-state index contributed by atoms with van der Waals surface area (Å²) < 4.78 is 13.3. The first-order valence-electron chi connectivity index (χ1n) is 7.89. The molecule has 6 heteroatoms. The van der Waals surface area contributed by atoms with Gasteiger partial charge in [-0.25, -0.2) is 9.37 Å². The van der Waals surface area contributed by atoms with Crippen LogP contribution in [0.3, 0.4) is 0 Å². The molecule has 1 aliphatic heterocycles. The van der Waals surface area contributed by atoms with E-state index in [1.165, 1.54) is 23.5 Å². The van der Waals surface area contributed by atoms with Gasteiger partial charge in [-0.3, -0.25) is 4.79 Å². The fraction of sp³-hybridized carbons (Fsp3) is 0.412. The number of carbonyl (C=O) groups is 1. The molecule has 4 rings (SSSR count). The minimum atomic E-state index is -0.285. The Morgan fingerprint density at radius 1 is 1.39 bits per heavy atom. The molecule has 2 fully saturated rings. The highest BCUT2D eigenvalue weighted by Gasteiger charge is 2.57. The summed E-state index contributed by atoms with van der Waals surface area (Å²) in [5, 5.41) is 8.71. The number of rotatable bonds is 3. The van der Waals surface area contributed by atoms with Crippen LogP contribution in [0.4, 0.5) is 9.52 Å². The summed E-state index contributed by atoms with van der Waals surface area (Å²) >= 11 is 1.38. The van der Waals surface area contributed by atoms with Crippen molar-refractivity contribution in [2.45, 2.75) is 19.3 Å². The first-order valence-corrected chi connectivity index (χ1v) is 8.77. The van der Waals surface area contributed by atoms with Crippen LogP contribution in [0.15, 0.2) is 29.6 Å². The normalized spacial score (nSPS) is 22.0. The fourth-order valence-corrected chi connectivity index (χ4v) is 4.22. The number of halogens is 1. The number of carbonyl (C=O) groups excluding carboxylic acids is 1. The average Bonchev–Trinajstić information content (AvgIpc) is 3.04. The van der Waals surface area contributed by atoms with Gasteiger partial charge in [-0.15, -0.1) is 11.3 Å². The Bertz CT molecular complexity index is 739. The van der Waals surface area contributed by atoms with Crippen molar-refractivity contribution in [2.24, 2.45) is 11.3 Å². The zero-order valence-corrected chi connectivity index (χ0v) is 13.5. The van der Waals surface area contributed by atoms with Crippen LogP contribution in [0.5, 0.6) is 0 Å². The lowest BCUT2D eigenvalue weighted by Crippen LogP contribution is -2.31. The second kappa shape index (κ2) is 5.69. The van der Waals surface area contributed by atoms with E-state index in [4.69, 9.17) is 0 Å². The van der Waals surface area contributed by atoms with Crippen molar-refractivity contribution in [3.8, 4) is 11.3 Å². The lowest BCUT2D eigenvalue weighted by atomic mass is 9.92. The van der Waals surface area contributed by atoms with E-state index in [1.807, 2.05) is 11.4 Å². The summed E-state index contributed by atoms with van der Waals surface area (Å²) in [5.41, 5.74) is 1.64. The Morgan fingerprint density at radius 3 is 3.00 bits per heavy atom. The number of thiazole rings is 1. The summed E-state index contributed by atoms with van der Waals surface area (Å²) in [7, 11) is 0. The number of amides is 1. The number of nitrogens with zero attached hydrogens (tertiary/aromatic N) is 1. The van der Waals surface area contributed by atoms with E-state index in [1.54, 1.807) is 6.07 Å². The summed E-state index contributed by atoms with van der Waals surface area (Å²) in [4.78, 5) is 16.8. The minimum Gasteiger partial charge on any atom is -0.317 e. The molecular weight excluding hydrogens is 313 g/mol. The molecule has 1 unspecified atom stereocenters. The van der Waals surface area contributed by atoms with Crippen LogP contribution < -0.4 is 10.6 Å². The van der Waals surface area contributed by atoms with Crippen LogP contribution in [0.2, 0.25) is 0 Å². The second-order valence-corrected chi connectivity index (χ2v) is 7.26. The molecule has 0 bridgehead atoms. The monoisotopic (exact) mass is 331 g/mol. The molecule has 2 aliphatic rings. The van der Waals surface area contributed by atoms with Crippen LogP contribution in [-0.4, -0.2) is 24.0 Å². The van der Waals surface area contributed by atoms with E-state index < -0.39 is 0 Å². The molecule has 1 aromatic carbocycles. The number of aromatic nitrogens is 1. The molecule has 2 aromatic rings. The highest BCUT2D eigenvalue weighted by Crippen LogP contribution is 2.58. The van der Waals surface area contributed by atoms with Gasteiger partial charge in [-0.2, -0.15) is 0 Å². The zero-order valence-electron chi connectivity index (χ0n) is 12.6. The van der Waals surface area contributed by atoms with E-state index in [2.05, 4.69) is 15.6 Å². The lowest BCUT2D eigenvalue weighted by molar-refractivity contribution is -0.118. The molecule has 1 atom stereocenters. The largest absolute Gasteiger partial charge is 0.317 e. The smallest absolute Gasteiger partial charge is 0.229 e. The third-order valence-electron chi connectivity index (χ3n) is 4.96. The Kier molecular flexibility index (Phi) is 3.66. The van der Waals surface area contributed by atoms with Crippen molar-refractivity contribution in [3.63, 3.8) is 0 Å². The second-order valence-electron chi connectivity index (χ2n) is 6.41. The molecule has 1 saturated carbocycles. The number of hydrogen-bond donors (Lipinski definition) is 2. The lowest BCUT2D eigenvalue weighted by Gasteiger charge is -2.22. The number of hydrogen-bond acceptors (Lipinski definition) is 4. The van der Waals surface area contributed by atoms with Gasteiger partial charge in [-0.05, 0) is 49.9 Å². The molecule has 4 nitrogen and oxygen atoms in total. The molecule has 1 saturated heterocycles. The maximum atomic E-state index is 13.3. The molecule has 1 spiro atoms. The van der Waals surface area contributed by atoms with Crippen molar-refractivity contribution >= 4 is 22.4 Å². The minimum absolute atomic E-state index is 0.0760. The first-order chi connectivity index (χ1) is 11.2. The molecular formula is C17H18FN3OS. The van der Waals surface area contributed by atoms with E-state index in [0.29, 0.717) is 10.8 Å². The summed E-state index contributed by atoms with van der Waals surface area (Å²) in [6.07, 6.45) is 3.15. The summed E-state index contributed by atoms with van der Waals surface area (Å²) in [6.45, 7) is 2.01. The van der Waals surface area contributed by atoms with Crippen LogP contribution in [-0.2, 0) is 4.79 Å². The van der Waals surface area contributed by atoms with Gasteiger partial charge in [0.15, 0.2) is 5.13 Å². The molecule has 23 heavy (non-hydrogen) atoms. The Morgan fingerprint density at radius 2 is 2.22 bits per heavy atom. The van der Waals surface area contributed by atoms with Crippen molar-refractivity contribution in [2.75, 3.05) is 18.4 Å². The average molecular weight is 331 g/mol. The van der Waals surface area contributed by atoms with Gasteiger partial charge in [0.1, 0.15) is 5.82 Å². The highest BCUT2D eigenvalue weighted by atomic mass is 32.1. The third-order valence-corrected chi connectivity index (χ3v) is 5.72. The van der Waals surface area contributed by atoms with Crippen LogP contribution >= 0.6 is 11.3 Å². The number of benzene rings is 1. The van der Waals surface area contributed by atoms with Gasteiger partial charge in [-0.1, -0.05) is 12.1 Å². The van der Waals surface area contributed by atoms with E-state index in [0.717, 1.165) is 37.9 Å². The number of piperidine rings is 1. The van der Waals surface area contributed by atoms with Crippen molar-refractivity contribution in [1.29, 1.82) is 0 Å². The summed E-state index contributed by atoms with van der Waals surface area (Å²) in [6, 6.07) is 6.33. The molecule has 2 heterocycles. The van der Waals surface area contributed by atoms with Crippen LogP contribution in [0.1, 0.15) is 19.3 Å². The van der Waals surface area contributed by atoms with Crippen LogP contribution in [0, 0.1) is 17.2 Å². The predicted octanol–water partition coefficient (Wildman–Crippen LogP) is 3.28. The highest BCUT2D eigenvalue weighted by molar-refractivity contribution is 7.14. The molecule has 1 aliphatic carbocycles. The van der Waals surface area contributed by atoms with Gasteiger partial charge < -0.3 is 10.6 Å². The topological polar surface area (TPSA) is 54.0 Å². The van der Waals surface area contributed by atoms with E-state index in [-0.39, 0.29) is 23.1 Å². The molecule has 1 aromatic heterocycles. The van der Waals surface area contributed by atoms with Crippen molar-refractivity contribution in [3.05, 3.63) is 35.5 Å². The van der Waals surface area contributed by atoms with Crippen LogP contribution in [0.25, 0.3) is 11.3 Å². The Hall–Kier alpha value is -1.79. The van der Waals surface area contributed by atoms with Gasteiger partial charge in [0.2, 0.25) is 5.91 Å². The summed E-state index contributed by atoms with van der Waals surface area (Å²) in [5.74, 6) is -0.0925. The fourth-order valence-electron chi connectivity index (χ4n) is 3.50. The zero-order chi connectivity index (χ0) is 15.9. The van der Waals surface area contributed by atoms with Crippen molar-refractivity contribution < 1.29 is 9.18 Å². The molecule has 120 valence electrons. The number of anilines is 1. The Labute approximate surface area is 138 Å². The van der Waals surface area contributed by atoms with E-state index >= 15 is 0 Å². The quantitative estimate of drug-likeness (QED) is 0.907. The predicted molar refractivity (Wildman–Crippen MR) is 88.8 cm³/mol. The van der Waals surface area contributed by atoms with E-state index in [9.17, 15) is 9.18 Å². The standard InChI is InChI=1S/C17H18FN3OS/c18-12-3-1-2-11(8-12)14-10-23-16(20-14)21-15(22)13-9-17(13)4-6-19-7-5-17/h1-3,8,10,13,19H,4-7,9H2,(H,20,21,22). The van der Waals surface area contributed by atoms with Gasteiger partial charge >= 0.3 is 0 Å². The van der Waals surface area contributed by atoms with Gasteiger partial charge in [0.25, 0.3) is 0 Å². The number of nitrogens with one attached hydrogen (secondary N) is 2. The maximum Gasteiger partial charge on any atom is 0.229 e. The Balaban J connectivity index is 1.43. The van der Waals surface area contributed by atoms with Gasteiger partial charge in [0.05, 0.1) is 5.69 Å². The van der Waals surface area contributed by atoms with Crippen molar-refractivity contribution in [1.82, 2.24) is 10.3 Å². The maximum absolute atomic E-state index is 13.3. The van der Waals surface area contributed by atoms with Gasteiger partial charge in [0, 0.05) is 16.9 Å².